The van der Waals surface area contributed by atoms with Crippen LogP contribution in [0.5, 0.6) is 0 Å². The minimum Gasteiger partial charge on any atom is -0.475 e. The third-order valence-electron chi connectivity index (χ3n) is 2.25. The largest absolute Gasteiger partial charge is 0.475 e. The van der Waals surface area contributed by atoms with Gasteiger partial charge in [-0.05, 0) is 30.3 Å². The highest BCUT2D eigenvalue weighted by Crippen LogP contribution is 2.20. The highest BCUT2D eigenvalue weighted by molar-refractivity contribution is 6.30. The fourth-order valence-electron chi connectivity index (χ4n) is 1.40. The first-order valence-corrected chi connectivity index (χ1v) is 5.45. The Morgan fingerprint density at radius 3 is 2.83 bits per heavy atom. The molecule has 0 amide bonds. The lowest BCUT2D eigenvalue weighted by Crippen LogP contribution is -2.00. The molecule has 2 rings (SSSR count). The highest BCUT2D eigenvalue weighted by Gasteiger charge is 2.09. The van der Waals surface area contributed by atoms with Gasteiger partial charge in [0.1, 0.15) is 11.6 Å². The molecule has 6 heteroatoms. The van der Waals surface area contributed by atoms with Gasteiger partial charge in [-0.25, -0.2) is 9.18 Å². The van der Waals surface area contributed by atoms with Gasteiger partial charge in [-0.15, -0.1) is 0 Å². The van der Waals surface area contributed by atoms with Gasteiger partial charge in [0.25, 0.3) is 0 Å². The number of rotatable bonds is 4. The number of anilines is 1. The van der Waals surface area contributed by atoms with Crippen molar-refractivity contribution in [1.82, 2.24) is 0 Å². The lowest BCUT2D eigenvalue weighted by atomic mass is 10.3. The maximum atomic E-state index is 13.4. The molecule has 0 atom stereocenters. The van der Waals surface area contributed by atoms with E-state index >= 15 is 0 Å². The van der Waals surface area contributed by atoms with E-state index in [4.69, 9.17) is 21.1 Å². The summed E-state index contributed by atoms with van der Waals surface area (Å²) in [6.07, 6.45) is 0. The van der Waals surface area contributed by atoms with Crippen LogP contribution in [0.4, 0.5) is 10.1 Å². The normalized spacial score (nSPS) is 10.3. The molecule has 2 aromatic rings. The monoisotopic (exact) mass is 269 g/mol. The van der Waals surface area contributed by atoms with E-state index in [1.54, 1.807) is 0 Å². The molecular formula is C12H9ClFNO3. The zero-order chi connectivity index (χ0) is 13.1. The molecule has 0 unspecified atom stereocenters. The number of hydrogen-bond acceptors (Lipinski definition) is 3. The molecule has 4 nitrogen and oxygen atoms in total. The molecule has 1 aromatic heterocycles. The summed E-state index contributed by atoms with van der Waals surface area (Å²) in [5.74, 6) is -1.34. The Balaban J connectivity index is 2.06. The second-order valence-corrected chi connectivity index (χ2v) is 3.99. The second kappa shape index (κ2) is 5.10. The predicted molar refractivity (Wildman–Crippen MR) is 64.4 cm³/mol. The quantitative estimate of drug-likeness (QED) is 0.893. The first-order chi connectivity index (χ1) is 8.56. The Morgan fingerprint density at radius 2 is 2.17 bits per heavy atom. The van der Waals surface area contributed by atoms with Gasteiger partial charge in [-0.3, -0.25) is 0 Å². The van der Waals surface area contributed by atoms with E-state index in [0.29, 0.717) is 10.8 Å². The zero-order valence-corrected chi connectivity index (χ0v) is 9.87. The Morgan fingerprint density at radius 1 is 1.39 bits per heavy atom. The molecule has 94 valence electrons. The number of benzene rings is 1. The third kappa shape index (κ3) is 2.81. The Kier molecular flexibility index (Phi) is 3.53. The molecule has 0 spiro atoms. The lowest BCUT2D eigenvalue weighted by molar-refractivity contribution is 0.0660. The third-order valence-corrected chi connectivity index (χ3v) is 2.49. The van der Waals surface area contributed by atoms with Crippen molar-refractivity contribution in [3.8, 4) is 0 Å². The van der Waals surface area contributed by atoms with Crippen LogP contribution < -0.4 is 5.32 Å². The average molecular weight is 270 g/mol. The molecule has 0 radical (unpaired) electrons. The van der Waals surface area contributed by atoms with E-state index < -0.39 is 11.8 Å². The molecule has 0 bridgehead atoms. The summed E-state index contributed by atoms with van der Waals surface area (Å²) in [6, 6.07) is 6.98. The van der Waals surface area contributed by atoms with Gasteiger partial charge in [-0.1, -0.05) is 11.6 Å². The zero-order valence-electron chi connectivity index (χ0n) is 9.11. The van der Waals surface area contributed by atoms with E-state index in [-0.39, 0.29) is 18.0 Å². The van der Waals surface area contributed by atoms with E-state index in [0.717, 1.165) is 0 Å². The van der Waals surface area contributed by atoms with E-state index in [1.807, 2.05) is 0 Å². The standard InChI is InChI=1S/C12H9ClFNO3/c13-7-1-3-9(14)10(5-7)15-6-8-2-4-11(18-8)12(16)17/h1-5,15H,6H2,(H,16,17). The average Bonchev–Trinajstić information content (AvgIpc) is 2.79. The molecule has 18 heavy (non-hydrogen) atoms. The summed E-state index contributed by atoms with van der Waals surface area (Å²) in [4.78, 5) is 10.6. The van der Waals surface area contributed by atoms with E-state index in [2.05, 4.69) is 5.32 Å². The van der Waals surface area contributed by atoms with Crippen molar-refractivity contribution < 1.29 is 18.7 Å². The second-order valence-electron chi connectivity index (χ2n) is 3.55. The maximum absolute atomic E-state index is 13.4. The van der Waals surface area contributed by atoms with Crippen LogP contribution >= 0.6 is 11.6 Å². The number of hydrogen-bond donors (Lipinski definition) is 2. The predicted octanol–water partition coefficient (Wildman–Crippen LogP) is 3.38. The van der Waals surface area contributed by atoms with Crippen molar-refractivity contribution in [1.29, 1.82) is 0 Å². The highest BCUT2D eigenvalue weighted by atomic mass is 35.5. The van der Waals surface area contributed by atoms with Gasteiger partial charge in [0.2, 0.25) is 5.76 Å². The van der Waals surface area contributed by atoms with Crippen LogP contribution in [-0.2, 0) is 6.54 Å². The Bertz CT molecular complexity index is 582. The SMILES string of the molecule is O=C(O)c1ccc(CNc2cc(Cl)ccc2F)o1. The number of carboxylic acid groups (broad SMARTS) is 1. The number of carboxylic acids is 1. The molecule has 0 aliphatic heterocycles. The molecule has 0 aliphatic carbocycles. The maximum Gasteiger partial charge on any atom is 0.371 e. The fraction of sp³-hybridized carbons (Fsp3) is 0.0833. The number of halogens is 2. The smallest absolute Gasteiger partial charge is 0.371 e. The summed E-state index contributed by atoms with van der Waals surface area (Å²) in [7, 11) is 0. The molecule has 1 heterocycles. The first kappa shape index (κ1) is 12.4. The summed E-state index contributed by atoms with van der Waals surface area (Å²) in [5, 5.41) is 11.9. The minimum atomic E-state index is -1.14. The van der Waals surface area contributed by atoms with Gasteiger partial charge in [0, 0.05) is 5.02 Å². The van der Waals surface area contributed by atoms with Gasteiger partial charge >= 0.3 is 5.97 Å². The van der Waals surface area contributed by atoms with Crippen molar-refractivity contribution in [3.63, 3.8) is 0 Å². The van der Waals surface area contributed by atoms with Gasteiger partial charge in [0.05, 0.1) is 12.2 Å². The summed E-state index contributed by atoms with van der Waals surface area (Å²) < 4.78 is 18.4. The molecule has 0 fully saturated rings. The summed E-state index contributed by atoms with van der Waals surface area (Å²) in [6.45, 7) is 0.171. The van der Waals surface area contributed by atoms with Crippen molar-refractivity contribution in [3.05, 3.63) is 52.7 Å². The fourth-order valence-corrected chi connectivity index (χ4v) is 1.58. The summed E-state index contributed by atoms with van der Waals surface area (Å²) >= 11 is 5.74. The number of carbonyl (C=O) groups is 1. The van der Waals surface area contributed by atoms with Crippen LogP contribution in [-0.4, -0.2) is 11.1 Å². The molecular weight excluding hydrogens is 261 g/mol. The topological polar surface area (TPSA) is 62.5 Å². The van der Waals surface area contributed by atoms with Gasteiger partial charge < -0.3 is 14.8 Å². The van der Waals surface area contributed by atoms with Crippen LogP contribution in [0, 0.1) is 5.82 Å². The summed E-state index contributed by atoms with van der Waals surface area (Å²) in [5.41, 5.74) is 0.232. The number of furan rings is 1. The van der Waals surface area contributed by atoms with Crippen LogP contribution in [0.2, 0.25) is 5.02 Å². The Hall–Kier alpha value is -2.01. The van der Waals surface area contributed by atoms with E-state index in [9.17, 15) is 9.18 Å². The molecule has 2 N–H and O–H groups in total. The van der Waals surface area contributed by atoms with Crippen molar-refractivity contribution in [2.45, 2.75) is 6.54 Å². The molecule has 0 saturated carbocycles. The first-order valence-electron chi connectivity index (χ1n) is 5.07. The van der Waals surface area contributed by atoms with Crippen molar-refractivity contribution >= 4 is 23.3 Å². The van der Waals surface area contributed by atoms with Crippen LogP contribution in [0.1, 0.15) is 16.3 Å². The minimum absolute atomic E-state index is 0.154. The van der Waals surface area contributed by atoms with Crippen LogP contribution in [0.25, 0.3) is 0 Å². The van der Waals surface area contributed by atoms with Crippen LogP contribution in [0.3, 0.4) is 0 Å². The Labute approximate surface area is 107 Å². The lowest BCUT2D eigenvalue weighted by Gasteiger charge is -2.06. The van der Waals surface area contributed by atoms with Crippen molar-refractivity contribution in [2.24, 2.45) is 0 Å². The van der Waals surface area contributed by atoms with Crippen LogP contribution in [0.15, 0.2) is 34.7 Å². The molecule has 0 saturated heterocycles. The molecule has 0 aliphatic rings. The van der Waals surface area contributed by atoms with E-state index in [1.165, 1.54) is 30.3 Å². The van der Waals surface area contributed by atoms with Gasteiger partial charge in [0.15, 0.2) is 0 Å². The molecule has 1 aromatic carbocycles. The van der Waals surface area contributed by atoms with Crippen molar-refractivity contribution in [2.75, 3.05) is 5.32 Å². The number of aromatic carboxylic acids is 1. The van der Waals surface area contributed by atoms with Gasteiger partial charge in [-0.2, -0.15) is 0 Å². The number of nitrogens with one attached hydrogen (secondary N) is 1.